The highest BCUT2D eigenvalue weighted by molar-refractivity contribution is 5.71. The number of carbonyl (C=O) groups is 3. The normalized spacial score (nSPS) is 12.5. The van der Waals surface area contributed by atoms with Crippen LogP contribution < -0.4 is 0 Å². The summed E-state index contributed by atoms with van der Waals surface area (Å²) < 4.78 is 16.8. The van der Waals surface area contributed by atoms with E-state index in [1.54, 1.807) is 0 Å². The molecule has 0 aromatic carbocycles. The molecule has 0 aromatic heterocycles. The Labute approximate surface area is 387 Å². The molecule has 0 aliphatic rings. The van der Waals surface area contributed by atoms with E-state index in [1.165, 1.54) is 199 Å². The number of esters is 3. The smallest absolute Gasteiger partial charge is 0.306 e. The Morgan fingerprint density at radius 3 is 0.919 bits per heavy atom. The third kappa shape index (κ3) is 47.9. The molecule has 0 saturated carbocycles. The topological polar surface area (TPSA) is 78.9 Å². The number of unbranched alkanes of at least 4 members (excludes halogenated alkanes) is 34. The van der Waals surface area contributed by atoms with Crippen LogP contribution in [-0.2, 0) is 28.6 Å². The lowest BCUT2D eigenvalue weighted by Gasteiger charge is -2.18. The van der Waals surface area contributed by atoms with E-state index < -0.39 is 6.10 Å². The van der Waals surface area contributed by atoms with Crippen molar-refractivity contribution in [2.75, 3.05) is 13.2 Å². The number of carbonyl (C=O) groups excluding carboxylic acids is 3. The zero-order chi connectivity index (χ0) is 45.4. The Kier molecular flexibility index (Phi) is 47.6. The van der Waals surface area contributed by atoms with Crippen molar-refractivity contribution >= 4 is 17.9 Å². The van der Waals surface area contributed by atoms with Gasteiger partial charge in [-0.25, -0.2) is 0 Å². The number of hydrogen-bond donors (Lipinski definition) is 0. The average Bonchev–Trinajstić information content (AvgIpc) is 3.26. The molecule has 0 spiro atoms. The summed E-state index contributed by atoms with van der Waals surface area (Å²) in [5.74, 6) is 0.824. The fraction of sp³-hybridized carbons (Fsp3) is 0.946. The van der Waals surface area contributed by atoms with Gasteiger partial charge in [-0.2, -0.15) is 0 Å². The Morgan fingerprint density at radius 2 is 0.613 bits per heavy atom. The summed E-state index contributed by atoms with van der Waals surface area (Å²) in [4.78, 5) is 37.9. The van der Waals surface area contributed by atoms with E-state index in [2.05, 4.69) is 34.6 Å². The fourth-order valence-corrected chi connectivity index (χ4v) is 8.49. The van der Waals surface area contributed by atoms with Gasteiger partial charge in [-0.05, 0) is 31.1 Å². The molecule has 0 aromatic rings. The molecule has 0 fully saturated rings. The molecule has 0 N–H and O–H groups in total. The lowest BCUT2D eigenvalue weighted by Crippen LogP contribution is -2.30. The summed E-state index contributed by atoms with van der Waals surface area (Å²) in [6.07, 6.45) is 51.1. The van der Waals surface area contributed by atoms with Crippen LogP contribution >= 0.6 is 0 Å². The van der Waals surface area contributed by atoms with Crippen LogP contribution in [0.1, 0.15) is 311 Å². The van der Waals surface area contributed by atoms with Crippen molar-refractivity contribution in [2.45, 2.75) is 317 Å². The van der Waals surface area contributed by atoms with Crippen molar-refractivity contribution in [1.82, 2.24) is 0 Å². The lowest BCUT2D eigenvalue weighted by molar-refractivity contribution is -0.167. The Hall–Kier alpha value is -1.59. The van der Waals surface area contributed by atoms with Crippen LogP contribution in [0.25, 0.3) is 0 Å². The van der Waals surface area contributed by atoms with Crippen molar-refractivity contribution in [1.29, 1.82) is 0 Å². The van der Waals surface area contributed by atoms with Crippen LogP contribution in [0.5, 0.6) is 0 Å². The van der Waals surface area contributed by atoms with Crippen LogP contribution in [0.15, 0.2) is 0 Å². The van der Waals surface area contributed by atoms with E-state index in [1.807, 2.05) is 0 Å². The van der Waals surface area contributed by atoms with Gasteiger partial charge in [0.25, 0.3) is 0 Å². The third-order valence-corrected chi connectivity index (χ3v) is 13.1. The highest BCUT2D eigenvalue weighted by atomic mass is 16.6. The Morgan fingerprint density at radius 1 is 0.339 bits per heavy atom. The van der Waals surface area contributed by atoms with Crippen molar-refractivity contribution in [3.8, 4) is 0 Å². The van der Waals surface area contributed by atoms with E-state index in [-0.39, 0.29) is 31.1 Å². The molecular weight excluding hydrogens is 769 g/mol. The van der Waals surface area contributed by atoms with E-state index in [4.69, 9.17) is 14.2 Å². The fourth-order valence-electron chi connectivity index (χ4n) is 8.49. The molecule has 0 saturated heterocycles. The predicted molar refractivity (Wildman–Crippen MR) is 266 cm³/mol. The van der Waals surface area contributed by atoms with Crippen molar-refractivity contribution in [3.63, 3.8) is 0 Å². The van der Waals surface area contributed by atoms with Crippen LogP contribution in [0, 0.1) is 11.8 Å². The Balaban J connectivity index is 4.19. The molecule has 62 heavy (non-hydrogen) atoms. The lowest BCUT2D eigenvalue weighted by atomic mass is 9.99. The van der Waals surface area contributed by atoms with Crippen LogP contribution in [0.3, 0.4) is 0 Å². The van der Waals surface area contributed by atoms with E-state index in [0.717, 1.165) is 69.6 Å². The molecule has 0 heterocycles. The predicted octanol–water partition coefficient (Wildman–Crippen LogP) is 18.1. The highest BCUT2D eigenvalue weighted by Crippen LogP contribution is 2.18. The minimum atomic E-state index is -0.762. The maximum Gasteiger partial charge on any atom is 0.306 e. The quantitative estimate of drug-likeness (QED) is 0.0344. The summed E-state index contributed by atoms with van der Waals surface area (Å²) in [6.45, 7) is 11.4. The summed E-state index contributed by atoms with van der Waals surface area (Å²) in [6, 6.07) is 0. The Bertz CT molecular complexity index is 949. The first kappa shape index (κ1) is 60.4. The van der Waals surface area contributed by atoms with E-state index in [9.17, 15) is 14.4 Å². The summed E-state index contributed by atoms with van der Waals surface area (Å²) in [5.41, 5.74) is 0. The molecule has 1 unspecified atom stereocenters. The van der Waals surface area contributed by atoms with Crippen LogP contribution in [-0.4, -0.2) is 37.2 Å². The molecular formula is C56H108O6. The molecule has 0 bridgehead atoms. The van der Waals surface area contributed by atoms with Crippen molar-refractivity contribution in [2.24, 2.45) is 11.8 Å². The molecule has 6 heteroatoms. The number of hydrogen-bond acceptors (Lipinski definition) is 6. The van der Waals surface area contributed by atoms with Gasteiger partial charge in [-0.3, -0.25) is 14.4 Å². The second kappa shape index (κ2) is 48.9. The minimum absolute atomic E-state index is 0.0640. The maximum atomic E-state index is 12.8. The second-order valence-electron chi connectivity index (χ2n) is 19.9. The first-order valence-electron chi connectivity index (χ1n) is 27.8. The molecule has 6 nitrogen and oxygen atoms in total. The monoisotopic (exact) mass is 877 g/mol. The number of rotatable bonds is 50. The molecule has 2 atom stereocenters. The molecule has 0 aliphatic heterocycles. The standard InChI is InChI=1S/C56H108O6/c1-6-8-9-10-11-12-13-20-24-27-30-36-41-46-54(57)60-49-53(50-61-55(58)47-42-37-33-32-34-39-44-51(3)4)62-56(59)48-43-38-31-28-25-22-19-17-15-14-16-18-21-23-26-29-35-40-45-52(5)7-2/h51-53H,6-50H2,1-5H3/t52?,53-/m1/s1. The summed E-state index contributed by atoms with van der Waals surface area (Å²) in [5, 5.41) is 0. The maximum absolute atomic E-state index is 12.8. The molecule has 0 aliphatic carbocycles. The highest BCUT2D eigenvalue weighted by Gasteiger charge is 2.19. The van der Waals surface area contributed by atoms with Gasteiger partial charge in [0.05, 0.1) is 0 Å². The SMILES string of the molecule is CCCCCCCCCCCCCCCC(=O)OC[C@H](COC(=O)CCCCCCCCC(C)C)OC(=O)CCCCCCCCCCCCCCCCCCCCC(C)CC. The molecule has 0 amide bonds. The zero-order valence-electron chi connectivity index (χ0n) is 42.5. The summed E-state index contributed by atoms with van der Waals surface area (Å²) >= 11 is 0. The van der Waals surface area contributed by atoms with Gasteiger partial charge >= 0.3 is 17.9 Å². The van der Waals surface area contributed by atoms with Gasteiger partial charge in [0, 0.05) is 19.3 Å². The van der Waals surface area contributed by atoms with Crippen molar-refractivity contribution < 1.29 is 28.6 Å². The molecule has 0 rings (SSSR count). The first-order chi connectivity index (χ1) is 30.3. The number of ether oxygens (including phenoxy) is 3. The van der Waals surface area contributed by atoms with Gasteiger partial charge in [0.1, 0.15) is 13.2 Å². The van der Waals surface area contributed by atoms with Gasteiger partial charge in [-0.15, -0.1) is 0 Å². The van der Waals surface area contributed by atoms with Gasteiger partial charge in [-0.1, -0.05) is 272 Å². The molecule has 368 valence electrons. The van der Waals surface area contributed by atoms with Crippen LogP contribution in [0.2, 0.25) is 0 Å². The van der Waals surface area contributed by atoms with Crippen molar-refractivity contribution in [3.05, 3.63) is 0 Å². The van der Waals surface area contributed by atoms with E-state index >= 15 is 0 Å². The van der Waals surface area contributed by atoms with Gasteiger partial charge in [0.2, 0.25) is 0 Å². The largest absolute Gasteiger partial charge is 0.462 e. The average molecular weight is 877 g/mol. The third-order valence-electron chi connectivity index (χ3n) is 13.1. The molecule has 0 radical (unpaired) electrons. The van der Waals surface area contributed by atoms with Gasteiger partial charge in [0.15, 0.2) is 6.10 Å². The van der Waals surface area contributed by atoms with Gasteiger partial charge < -0.3 is 14.2 Å². The second-order valence-corrected chi connectivity index (χ2v) is 19.9. The summed E-state index contributed by atoms with van der Waals surface area (Å²) in [7, 11) is 0. The van der Waals surface area contributed by atoms with E-state index in [0.29, 0.717) is 19.3 Å². The zero-order valence-corrected chi connectivity index (χ0v) is 42.5. The first-order valence-corrected chi connectivity index (χ1v) is 27.8. The van der Waals surface area contributed by atoms with Crippen LogP contribution in [0.4, 0.5) is 0 Å². The minimum Gasteiger partial charge on any atom is -0.462 e.